The standard InChI is InChI=1S/C27H47N3O3.2C18H36O3.Zn/c1-18-7-4-10-22(13-18)28-25(31)16-21(27(33)30-24-12-6-9-20(3)15-24)17-26(32)29-23-11-5-8-19(2)14-23;2*1-2-3-4-11-14-17(19)15-12-9-7-5-6-8-10-13-16-18(20)21;/h18-24H,4-17H2,1-3H3,(H,28,31)(H,29,32)(H,30,33);2*17,19H,2-16H2,1H3,(H,20,21);/q;;;+2/p-2. The zero-order valence-corrected chi connectivity index (χ0v) is 52.7. The van der Waals surface area contributed by atoms with E-state index >= 15 is 0 Å². The number of unbranched alkanes of at least 4 members (excludes halogenated alkanes) is 20. The van der Waals surface area contributed by atoms with Gasteiger partial charge >= 0.3 is 19.5 Å². The minimum atomic E-state index is -0.928. The molecule has 3 amide bonds. The molecular weight excluding hydrogens is 1010 g/mol. The normalized spacial score (nSPS) is 21.5. The fourth-order valence-corrected chi connectivity index (χ4v) is 11.6. The van der Waals surface area contributed by atoms with Crippen molar-refractivity contribution in [3.05, 3.63) is 0 Å². The Balaban J connectivity index is 0.00000116. The van der Waals surface area contributed by atoms with E-state index in [1.54, 1.807) is 0 Å². The number of carboxylic acid groups (broad SMARTS) is 2. The predicted octanol–water partition coefficient (Wildman–Crippen LogP) is 12.4. The van der Waals surface area contributed by atoms with Crippen LogP contribution in [0.15, 0.2) is 0 Å². The second kappa shape index (κ2) is 49.9. The fourth-order valence-electron chi connectivity index (χ4n) is 11.6. The molecule has 76 heavy (non-hydrogen) atoms. The number of nitrogens with one attached hydrogen (secondary N) is 3. The molecule has 440 valence electrons. The third kappa shape index (κ3) is 44.7. The second-order valence-corrected chi connectivity index (χ2v) is 24.1. The van der Waals surface area contributed by atoms with Gasteiger partial charge in [-0.1, -0.05) is 214 Å². The first-order valence-electron chi connectivity index (χ1n) is 31.8. The number of aliphatic hydroxyl groups excluding tert-OH is 2. The summed E-state index contributed by atoms with van der Waals surface area (Å²) >= 11 is 0. The molecule has 3 fully saturated rings. The summed E-state index contributed by atoms with van der Waals surface area (Å²) in [5.74, 6) is -0.921. The van der Waals surface area contributed by atoms with Crippen LogP contribution in [0, 0.1) is 23.7 Å². The molecule has 0 aromatic rings. The first-order valence-corrected chi connectivity index (χ1v) is 31.8. The zero-order valence-electron chi connectivity index (χ0n) is 49.8. The maximum absolute atomic E-state index is 13.2. The van der Waals surface area contributed by atoms with Crippen LogP contribution in [0.3, 0.4) is 0 Å². The summed E-state index contributed by atoms with van der Waals surface area (Å²) in [5.41, 5.74) is 0. The van der Waals surface area contributed by atoms with Gasteiger partial charge < -0.3 is 46.0 Å². The Labute approximate surface area is 478 Å². The SMILES string of the molecule is CC1CCCC(NC(=O)CC(CC(=O)NC2CCCC(C)C2)C(=O)NC2CCCC(C)C2)C1.CCCCCCC(O)CCCCCCCCCCC(=O)[O-].CCCCCCC(O)CCCCCCCCCCC(=O)[O-].[Zn+2]. The first kappa shape index (κ1) is 73.9. The molecule has 8 unspecified atom stereocenters. The van der Waals surface area contributed by atoms with Crippen molar-refractivity contribution in [2.75, 3.05) is 0 Å². The van der Waals surface area contributed by atoms with Crippen LogP contribution in [-0.2, 0) is 43.5 Å². The Kier molecular flexibility index (Phi) is 48.5. The summed E-state index contributed by atoms with van der Waals surface area (Å²) in [5, 5.41) is 49.6. The quantitative estimate of drug-likeness (QED) is 0.0292. The number of carbonyl (C=O) groups is 5. The Morgan fingerprint density at radius 3 is 0.987 bits per heavy atom. The molecule has 12 nitrogen and oxygen atoms in total. The monoisotopic (exact) mass is 1120 g/mol. The number of rotatable bonds is 40. The van der Waals surface area contributed by atoms with Crippen molar-refractivity contribution >= 4 is 29.7 Å². The molecule has 0 aromatic carbocycles. The van der Waals surface area contributed by atoms with E-state index < -0.39 is 17.9 Å². The molecule has 3 rings (SSSR count). The summed E-state index contributed by atoms with van der Waals surface area (Å²) < 4.78 is 0. The predicted molar refractivity (Wildman–Crippen MR) is 303 cm³/mol. The van der Waals surface area contributed by atoms with Gasteiger partial charge in [-0.25, -0.2) is 0 Å². The number of carbonyl (C=O) groups excluding carboxylic acids is 5. The maximum atomic E-state index is 13.2. The van der Waals surface area contributed by atoms with Gasteiger partial charge in [0, 0.05) is 42.9 Å². The molecule has 3 saturated carbocycles. The van der Waals surface area contributed by atoms with E-state index in [1.807, 2.05) is 0 Å². The molecule has 0 radical (unpaired) electrons. The molecule has 0 aliphatic heterocycles. The summed E-state index contributed by atoms with van der Waals surface area (Å²) in [4.78, 5) is 59.4. The second-order valence-electron chi connectivity index (χ2n) is 24.1. The number of hydrogen-bond acceptors (Lipinski definition) is 9. The van der Waals surface area contributed by atoms with Crippen molar-refractivity contribution in [2.24, 2.45) is 23.7 Å². The van der Waals surface area contributed by atoms with Crippen LogP contribution in [0.2, 0.25) is 0 Å². The summed E-state index contributed by atoms with van der Waals surface area (Å²) in [6.07, 6.45) is 45.1. The van der Waals surface area contributed by atoms with Crippen molar-refractivity contribution in [1.82, 2.24) is 16.0 Å². The average Bonchev–Trinajstić information content (AvgIpc) is 3.35. The molecule has 5 N–H and O–H groups in total. The van der Waals surface area contributed by atoms with E-state index in [-0.39, 0.29) is 93.2 Å². The van der Waals surface area contributed by atoms with E-state index in [9.17, 15) is 44.4 Å². The van der Waals surface area contributed by atoms with Gasteiger partial charge in [0.1, 0.15) is 0 Å². The molecule has 0 aromatic heterocycles. The van der Waals surface area contributed by atoms with Gasteiger partial charge in [-0.3, -0.25) is 14.4 Å². The van der Waals surface area contributed by atoms with Gasteiger partial charge in [0.05, 0.1) is 18.1 Å². The number of aliphatic hydroxyl groups is 2. The molecule has 3 aliphatic carbocycles. The van der Waals surface area contributed by atoms with Crippen molar-refractivity contribution < 1.29 is 63.9 Å². The number of amides is 3. The fraction of sp³-hybridized carbons (Fsp3) is 0.921. The van der Waals surface area contributed by atoms with Gasteiger partial charge in [0.15, 0.2) is 0 Å². The Morgan fingerprint density at radius 1 is 0.421 bits per heavy atom. The Bertz CT molecular complexity index is 1350. The van der Waals surface area contributed by atoms with Crippen molar-refractivity contribution in [1.29, 1.82) is 0 Å². The van der Waals surface area contributed by atoms with Crippen molar-refractivity contribution in [2.45, 2.75) is 347 Å². The smallest absolute Gasteiger partial charge is 0.550 e. The topological polar surface area (TPSA) is 208 Å². The third-order valence-electron chi connectivity index (χ3n) is 16.2. The molecular formula is C63H117N3O9Zn. The number of carboxylic acids is 2. The average molecular weight is 1130 g/mol. The van der Waals surface area contributed by atoms with Crippen LogP contribution in [0.4, 0.5) is 0 Å². The minimum absolute atomic E-state index is 0. The van der Waals surface area contributed by atoms with Crippen LogP contribution >= 0.6 is 0 Å². The molecule has 8 atom stereocenters. The van der Waals surface area contributed by atoms with E-state index in [2.05, 4.69) is 50.6 Å². The van der Waals surface area contributed by atoms with E-state index in [1.165, 1.54) is 122 Å². The van der Waals surface area contributed by atoms with Crippen molar-refractivity contribution in [3.8, 4) is 0 Å². The van der Waals surface area contributed by atoms with Gasteiger partial charge in [-0.15, -0.1) is 0 Å². The Morgan fingerprint density at radius 2 is 0.697 bits per heavy atom. The summed E-state index contributed by atoms with van der Waals surface area (Å²) in [7, 11) is 0. The summed E-state index contributed by atoms with van der Waals surface area (Å²) in [6.45, 7) is 11.1. The van der Waals surface area contributed by atoms with Crippen molar-refractivity contribution in [3.63, 3.8) is 0 Å². The zero-order chi connectivity index (χ0) is 55.3. The molecule has 3 aliphatic rings. The molecule has 0 saturated heterocycles. The van der Waals surface area contributed by atoms with E-state index in [4.69, 9.17) is 0 Å². The molecule has 0 heterocycles. The third-order valence-corrected chi connectivity index (χ3v) is 16.2. The van der Waals surface area contributed by atoms with E-state index in [0.29, 0.717) is 17.8 Å². The number of hydrogen-bond donors (Lipinski definition) is 5. The van der Waals surface area contributed by atoms with Crippen LogP contribution in [-0.4, -0.2) is 70.2 Å². The van der Waals surface area contributed by atoms with Gasteiger partial charge in [0.2, 0.25) is 17.7 Å². The molecule has 13 heteroatoms. The van der Waals surface area contributed by atoms with E-state index in [0.717, 1.165) is 135 Å². The largest absolute Gasteiger partial charge is 2.00 e. The van der Waals surface area contributed by atoms with Crippen LogP contribution in [0.25, 0.3) is 0 Å². The molecule has 0 spiro atoms. The number of aliphatic carboxylic acids is 2. The first-order chi connectivity index (χ1) is 36.1. The van der Waals surface area contributed by atoms with Crippen LogP contribution in [0.5, 0.6) is 0 Å². The Hall–Kier alpha value is -2.11. The maximum Gasteiger partial charge on any atom is 2.00 e. The van der Waals surface area contributed by atoms with Gasteiger partial charge in [0.25, 0.3) is 0 Å². The van der Waals surface area contributed by atoms with Crippen LogP contribution < -0.4 is 26.2 Å². The van der Waals surface area contributed by atoms with Gasteiger partial charge in [-0.2, -0.15) is 0 Å². The van der Waals surface area contributed by atoms with Gasteiger partial charge in [-0.05, 0) is 108 Å². The summed E-state index contributed by atoms with van der Waals surface area (Å²) in [6, 6.07) is 0.552. The minimum Gasteiger partial charge on any atom is -0.550 e. The molecule has 0 bridgehead atoms. The van der Waals surface area contributed by atoms with Crippen LogP contribution in [0.1, 0.15) is 317 Å².